The minimum atomic E-state index is 0.465. The highest BCUT2D eigenvalue weighted by Crippen LogP contribution is 2.34. The molecule has 0 aliphatic heterocycles. The minimum absolute atomic E-state index is 0.465. The summed E-state index contributed by atoms with van der Waals surface area (Å²) in [6, 6.07) is 9.17. The van der Waals surface area contributed by atoms with E-state index < -0.39 is 0 Å². The van der Waals surface area contributed by atoms with E-state index in [2.05, 4.69) is 41.9 Å². The zero-order valence-corrected chi connectivity index (χ0v) is 12.9. The van der Waals surface area contributed by atoms with E-state index in [4.69, 9.17) is 4.74 Å². The summed E-state index contributed by atoms with van der Waals surface area (Å²) in [6.07, 6.45) is 3.48. The van der Waals surface area contributed by atoms with Crippen LogP contribution in [-0.2, 0) is 19.4 Å². The Balaban J connectivity index is 1.72. The molecule has 1 N–H and O–H groups in total. The van der Waals surface area contributed by atoms with Gasteiger partial charge in [-0.25, -0.2) is 0 Å². The Bertz CT molecular complexity index is 590. The normalized spacial score (nSPS) is 17.2. The first-order valence-corrected chi connectivity index (χ1v) is 8.15. The second kappa shape index (κ2) is 5.98. The van der Waals surface area contributed by atoms with Gasteiger partial charge in [-0.2, -0.15) is 0 Å². The van der Waals surface area contributed by atoms with Crippen LogP contribution in [0, 0.1) is 0 Å². The lowest BCUT2D eigenvalue weighted by Gasteiger charge is -2.15. The second-order valence-corrected chi connectivity index (χ2v) is 6.26. The van der Waals surface area contributed by atoms with E-state index in [1.54, 1.807) is 7.11 Å². The van der Waals surface area contributed by atoms with Gasteiger partial charge < -0.3 is 10.1 Å². The van der Waals surface area contributed by atoms with Crippen LogP contribution in [0.25, 0.3) is 0 Å². The number of hydrogen-bond acceptors (Lipinski definition) is 3. The standard InChI is InChI=1S/C17H21NOS/c1-3-12-8-9-20-17(12)11-18-16-7-5-13-4-6-14(19-2)10-15(13)16/h4,6,8-10,16,18H,3,5,7,11H2,1-2H3. The van der Waals surface area contributed by atoms with Crippen molar-refractivity contribution in [3.05, 3.63) is 51.2 Å². The van der Waals surface area contributed by atoms with Crippen LogP contribution in [0.4, 0.5) is 0 Å². The molecule has 1 aliphatic carbocycles. The van der Waals surface area contributed by atoms with Crippen molar-refractivity contribution in [1.29, 1.82) is 0 Å². The van der Waals surface area contributed by atoms with Crippen LogP contribution in [-0.4, -0.2) is 7.11 Å². The van der Waals surface area contributed by atoms with Gasteiger partial charge >= 0.3 is 0 Å². The van der Waals surface area contributed by atoms with Crippen LogP contribution < -0.4 is 10.1 Å². The molecular weight excluding hydrogens is 266 g/mol. The summed E-state index contributed by atoms with van der Waals surface area (Å²) in [5.74, 6) is 0.961. The molecule has 3 rings (SSSR count). The van der Waals surface area contributed by atoms with Crippen LogP contribution in [0.2, 0.25) is 0 Å². The van der Waals surface area contributed by atoms with Gasteiger partial charge in [0.25, 0.3) is 0 Å². The molecular formula is C17H21NOS. The Kier molecular flexibility index (Phi) is 4.08. The van der Waals surface area contributed by atoms with Gasteiger partial charge in [0.05, 0.1) is 7.11 Å². The highest BCUT2D eigenvalue weighted by Gasteiger charge is 2.22. The molecule has 1 aromatic heterocycles. The van der Waals surface area contributed by atoms with Crippen molar-refractivity contribution in [3.8, 4) is 5.75 Å². The molecule has 0 spiro atoms. The fourth-order valence-electron chi connectivity index (χ4n) is 2.97. The van der Waals surface area contributed by atoms with Crippen molar-refractivity contribution in [1.82, 2.24) is 5.32 Å². The number of aryl methyl sites for hydroxylation is 2. The lowest BCUT2D eigenvalue weighted by molar-refractivity contribution is 0.413. The molecule has 0 saturated carbocycles. The molecule has 0 saturated heterocycles. The highest BCUT2D eigenvalue weighted by molar-refractivity contribution is 7.10. The van der Waals surface area contributed by atoms with Gasteiger partial charge in [-0.05, 0) is 59.5 Å². The zero-order valence-electron chi connectivity index (χ0n) is 12.1. The maximum absolute atomic E-state index is 5.35. The Labute approximate surface area is 124 Å². The van der Waals surface area contributed by atoms with Crippen LogP contribution in [0.5, 0.6) is 5.75 Å². The van der Waals surface area contributed by atoms with E-state index in [0.29, 0.717) is 6.04 Å². The van der Waals surface area contributed by atoms with Crippen molar-refractivity contribution in [2.24, 2.45) is 0 Å². The number of methoxy groups -OCH3 is 1. The summed E-state index contributed by atoms with van der Waals surface area (Å²) >= 11 is 1.86. The van der Waals surface area contributed by atoms with Crippen LogP contribution in [0.1, 0.15) is 41.0 Å². The summed E-state index contributed by atoms with van der Waals surface area (Å²) in [6.45, 7) is 3.20. The Hall–Kier alpha value is -1.32. The van der Waals surface area contributed by atoms with Crippen LogP contribution in [0.15, 0.2) is 29.6 Å². The van der Waals surface area contributed by atoms with Crippen molar-refractivity contribution in [3.63, 3.8) is 0 Å². The van der Waals surface area contributed by atoms with Gasteiger partial charge in [0.15, 0.2) is 0 Å². The molecule has 2 aromatic rings. The summed E-state index contributed by atoms with van der Waals surface area (Å²) in [5.41, 5.74) is 4.36. The fraction of sp³-hybridized carbons (Fsp3) is 0.412. The molecule has 0 amide bonds. The Morgan fingerprint density at radius 2 is 2.25 bits per heavy atom. The first-order chi connectivity index (χ1) is 9.81. The largest absolute Gasteiger partial charge is 0.497 e. The van der Waals surface area contributed by atoms with Gasteiger partial charge in [0.2, 0.25) is 0 Å². The highest BCUT2D eigenvalue weighted by atomic mass is 32.1. The predicted molar refractivity (Wildman–Crippen MR) is 84.6 cm³/mol. The fourth-order valence-corrected chi connectivity index (χ4v) is 3.90. The van der Waals surface area contributed by atoms with Gasteiger partial charge in [0, 0.05) is 17.5 Å². The lowest BCUT2D eigenvalue weighted by Crippen LogP contribution is -2.18. The lowest BCUT2D eigenvalue weighted by atomic mass is 10.1. The van der Waals surface area contributed by atoms with Crippen LogP contribution in [0.3, 0.4) is 0 Å². The molecule has 0 bridgehead atoms. The molecule has 1 aliphatic rings. The average molecular weight is 287 g/mol. The molecule has 1 heterocycles. The predicted octanol–water partition coefficient (Wildman–Crippen LogP) is 4.10. The molecule has 0 radical (unpaired) electrons. The van der Waals surface area contributed by atoms with E-state index >= 15 is 0 Å². The number of hydrogen-bond donors (Lipinski definition) is 1. The number of fused-ring (bicyclic) bond motifs is 1. The van der Waals surface area contributed by atoms with E-state index in [9.17, 15) is 0 Å². The smallest absolute Gasteiger partial charge is 0.119 e. The number of thiophene rings is 1. The number of rotatable bonds is 5. The third-order valence-electron chi connectivity index (χ3n) is 4.16. The molecule has 2 nitrogen and oxygen atoms in total. The van der Waals surface area contributed by atoms with E-state index in [1.807, 2.05) is 11.3 Å². The van der Waals surface area contributed by atoms with Gasteiger partial charge in [-0.3, -0.25) is 0 Å². The maximum Gasteiger partial charge on any atom is 0.119 e. The number of nitrogens with one attached hydrogen (secondary N) is 1. The van der Waals surface area contributed by atoms with Crippen LogP contribution >= 0.6 is 11.3 Å². The SMILES string of the molecule is CCc1ccsc1CNC1CCc2ccc(OC)cc21. The van der Waals surface area contributed by atoms with Gasteiger partial charge in [-0.15, -0.1) is 11.3 Å². The first-order valence-electron chi connectivity index (χ1n) is 7.27. The van der Waals surface area contributed by atoms with Crippen molar-refractivity contribution in [2.45, 2.75) is 38.8 Å². The molecule has 1 atom stereocenters. The first kappa shape index (κ1) is 13.7. The van der Waals surface area contributed by atoms with E-state index in [-0.39, 0.29) is 0 Å². The van der Waals surface area contributed by atoms with Crippen molar-refractivity contribution >= 4 is 11.3 Å². The topological polar surface area (TPSA) is 21.3 Å². The van der Waals surface area contributed by atoms with E-state index in [1.165, 1.54) is 34.4 Å². The van der Waals surface area contributed by atoms with E-state index in [0.717, 1.165) is 18.7 Å². The molecule has 0 fully saturated rings. The average Bonchev–Trinajstić information content (AvgIpc) is 3.10. The molecule has 1 unspecified atom stereocenters. The van der Waals surface area contributed by atoms with Crippen molar-refractivity contribution < 1.29 is 4.74 Å². The van der Waals surface area contributed by atoms with Gasteiger partial charge in [0.1, 0.15) is 5.75 Å². The maximum atomic E-state index is 5.35. The third-order valence-corrected chi connectivity index (χ3v) is 5.12. The monoisotopic (exact) mass is 287 g/mol. The summed E-state index contributed by atoms with van der Waals surface area (Å²) < 4.78 is 5.35. The molecule has 20 heavy (non-hydrogen) atoms. The quantitative estimate of drug-likeness (QED) is 0.894. The minimum Gasteiger partial charge on any atom is -0.497 e. The second-order valence-electron chi connectivity index (χ2n) is 5.26. The number of ether oxygens (including phenoxy) is 1. The van der Waals surface area contributed by atoms with Crippen molar-refractivity contribution in [2.75, 3.05) is 7.11 Å². The van der Waals surface area contributed by atoms with Gasteiger partial charge in [-0.1, -0.05) is 13.0 Å². The summed E-state index contributed by atoms with van der Waals surface area (Å²) in [4.78, 5) is 1.48. The molecule has 106 valence electrons. The molecule has 1 aromatic carbocycles. The summed E-state index contributed by atoms with van der Waals surface area (Å²) in [5, 5.41) is 5.92. The Morgan fingerprint density at radius 1 is 1.35 bits per heavy atom. The zero-order chi connectivity index (χ0) is 13.9. The molecule has 3 heteroatoms. The third kappa shape index (κ3) is 2.60. The number of benzene rings is 1. The Morgan fingerprint density at radius 3 is 3.05 bits per heavy atom. The summed E-state index contributed by atoms with van der Waals surface area (Å²) in [7, 11) is 1.73.